The molecule has 22 heavy (non-hydrogen) atoms. The smallest absolute Gasteiger partial charge is 0.176 e. The first-order valence-corrected chi connectivity index (χ1v) is 7.90. The molecule has 0 amide bonds. The highest BCUT2D eigenvalue weighted by molar-refractivity contribution is 7.13. The summed E-state index contributed by atoms with van der Waals surface area (Å²) in [4.78, 5) is 0.391. The molecule has 114 valence electrons. The van der Waals surface area contributed by atoms with Crippen molar-refractivity contribution in [3.63, 3.8) is 0 Å². The first kappa shape index (κ1) is 15.1. The fraction of sp³-hybridized carbons (Fsp3) is 0.222. The number of allylic oxidation sites excluding steroid dienone is 4. The summed E-state index contributed by atoms with van der Waals surface area (Å²) in [6.07, 6.45) is 4.63. The number of hydrogen-bond donors (Lipinski definition) is 0. The Hall–Kier alpha value is -1.81. The molecule has 0 saturated carbocycles. The van der Waals surface area contributed by atoms with E-state index in [4.69, 9.17) is 0 Å². The normalized spacial score (nSPS) is 18.1. The summed E-state index contributed by atoms with van der Waals surface area (Å²) in [5.74, 6) is -1.64. The second-order valence-electron chi connectivity index (χ2n) is 5.63. The molecule has 0 fully saturated rings. The van der Waals surface area contributed by atoms with Crippen molar-refractivity contribution in [1.29, 1.82) is 0 Å². The largest absolute Gasteiger partial charge is 0.203 e. The van der Waals surface area contributed by atoms with Crippen LogP contribution in [0.4, 0.5) is 13.2 Å². The van der Waals surface area contributed by atoms with Gasteiger partial charge in [0, 0.05) is 16.0 Å². The van der Waals surface area contributed by atoms with Gasteiger partial charge in [0.05, 0.1) is 0 Å². The van der Waals surface area contributed by atoms with Gasteiger partial charge >= 0.3 is 0 Å². The fourth-order valence-corrected chi connectivity index (χ4v) is 3.58. The molecule has 2 aromatic rings. The van der Waals surface area contributed by atoms with Crippen molar-refractivity contribution >= 4 is 16.9 Å². The van der Waals surface area contributed by atoms with E-state index in [2.05, 4.69) is 0 Å². The van der Waals surface area contributed by atoms with Crippen molar-refractivity contribution in [2.45, 2.75) is 20.3 Å². The summed E-state index contributed by atoms with van der Waals surface area (Å²) in [7, 11) is 0. The zero-order valence-corrected chi connectivity index (χ0v) is 13.1. The number of rotatable bonds is 2. The van der Waals surface area contributed by atoms with Crippen molar-refractivity contribution in [1.82, 2.24) is 0 Å². The average molecular weight is 320 g/mol. The molecule has 0 nitrogen and oxygen atoms in total. The lowest BCUT2D eigenvalue weighted by atomic mass is 9.84. The Morgan fingerprint density at radius 1 is 0.955 bits per heavy atom. The minimum Gasteiger partial charge on any atom is -0.203 e. The monoisotopic (exact) mass is 320 g/mol. The van der Waals surface area contributed by atoms with Gasteiger partial charge in [-0.2, -0.15) is 4.39 Å². The molecule has 1 atom stereocenters. The number of hydrogen-bond acceptors (Lipinski definition) is 1. The topological polar surface area (TPSA) is 0 Å². The first-order valence-electron chi connectivity index (χ1n) is 7.09. The number of thiophene rings is 1. The Labute approximate surface area is 131 Å². The lowest BCUT2D eigenvalue weighted by molar-refractivity contribution is 0.507. The highest BCUT2D eigenvalue weighted by Gasteiger charge is 2.22. The van der Waals surface area contributed by atoms with Crippen molar-refractivity contribution < 1.29 is 13.2 Å². The van der Waals surface area contributed by atoms with E-state index in [-0.39, 0.29) is 17.0 Å². The number of benzene rings is 1. The van der Waals surface area contributed by atoms with E-state index in [9.17, 15) is 13.2 Å². The molecule has 1 aliphatic carbocycles. The van der Waals surface area contributed by atoms with Gasteiger partial charge in [-0.05, 0) is 43.0 Å². The molecule has 0 bridgehead atoms. The minimum atomic E-state index is -0.918. The molecule has 1 aromatic heterocycles. The zero-order valence-electron chi connectivity index (χ0n) is 12.3. The first-order chi connectivity index (χ1) is 10.5. The SMILES string of the molecule is CC1=CC=C(c2ccc(-c3ccc(F)s3)c(F)c2F)C(C)C1. The van der Waals surface area contributed by atoms with Gasteiger partial charge in [-0.3, -0.25) is 0 Å². The minimum absolute atomic E-state index is 0.103. The number of halogens is 3. The maximum Gasteiger partial charge on any atom is 0.176 e. The summed E-state index contributed by atoms with van der Waals surface area (Å²) in [5, 5.41) is -0.414. The Morgan fingerprint density at radius 2 is 1.64 bits per heavy atom. The van der Waals surface area contributed by atoms with Crippen LogP contribution in [0, 0.1) is 22.7 Å². The third-order valence-electron chi connectivity index (χ3n) is 3.94. The van der Waals surface area contributed by atoms with Crippen LogP contribution >= 0.6 is 11.3 Å². The van der Waals surface area contributed by atoms with Gasteiger partial charge in [0.2, 0.25) is 0 Å². The van der Waals surface area contributed by atoms with Gasteiger partial charge in [0.25, 0.3) is 0 Å². The molecule has 1 aliphatic rings. The van der Waals surface area contributed by atoms with E-state index in [0.29, 0.717) is 4.88 Å². The van der Waals surface area contributed by atoms with E-state index in [1.807, 2.05) is 26.0 Å². The van der Waals surface area contributed by atoms with Crippen molar-refractivity contribution in [3.8, 4) is 10.4 Å². The molecule has 1 aromatic carbocycles. The second-order valence-corrected chi connectivity index (χ2v) is 6.67. The molecular formula is C18H15F3S. The van der Waals surface area contributed by atoms with Crippen LogP contribution in [0.15, 0.2) is 42.0 Å². The standard InChI is InChI=1S/C18H15F3S/c1-10-3-4-12(11(2)9-10)13-5-6-14(18(21)17(13)20)15-7-8-16(19)22-15/h3-8,11H,9H2,1-2H3. The molecule has 0 radical (unpaired) electrons. The van der Waals surface area contributed by atoms with Crippen LogP contribution in [0.1, 0.15) is 25.8 Å². The predicted octanol–water partition coefficient (Wildman–Crippen LogP) is 6.20. The van der Waals surface area contributed by atoms with Gasteiger partial charge in [-0.25, -0.2) is 8.78 Å². The van der Waals surface area contributed by atoms with Crippen LogP contribution in [-0.4, -0.2) is 0 Å². The summed E-state index contributed by atoms with van der Waals surface area (Å²) < 4.78 is 42.0. The van der Waals surface area contributed by atoms with Crippen LogP contribution in [0.2, 0.25) is 0 Å². The lowest BCUT2D eigenvalue weighted by Gasteiger charge is -2.21. The second kappa shape index (κ2) is 5.76. The van der Waals surface area contributed by atoms with E-state index in [0.717, 1.165) is 23.3 Å². The third-order valence-corrected chi connectivity index (χ3v) is 4.85. The van der Waals surface area contributed by atoms with Gasteiger partial charge in [0.15, 0.2) is 16.8 Å². The maximum atomic E-state index is 14.5. The lowest BCUT2D eigenvalue weighted by Crippen LogP contribution is -2.06. The van der Waals surface area contributed by atoms with Gasteiger partial charge in [-0.15, -0.1) is 11.3 Å². The van der Waals surface area contributed by atoms with Crippen molar-refractivity contribution in [3.05, 3.63) is 64.3 Å². The fourth-order valence-electron chi connectivity index (χ4n) is 2.83. The summed E-state index contributed by atoms with van der Waals surface area (Å²) >= 11 is 0.809. The average Bonchev–Trinajstić information content (AvgIpc) is 2.89. The van der Waals surface area contributed by atoms with Crippen LogP contribution in [0.3, 0.4) is 0 Å². The Balaban J connectivity index is 2.07. The van der Waals surface area contributed by atoms with Crippen LogP contribution in [-0.2, 0) is 0 Å². The van der Waals surface area contributed by atoms with Crippen molar-refractivity contribution in [2.24, 2.45) is 5.92 Å². The van der Waals surface area contributed by atoms with Gasteiger partial charge in [-0.1, -0.05) is 30.7 Å². The van der Waals surface area contributed by atoms with E-state index in [1.54, 1.807) is 6.07 Å². The molecule has 1 heterocycles. The summed E-state index contributed by atoms with van der Waals surface area (Å²) in [5.41, 5.74) is 2.41. The highest BCUT2D eigenvalue weighted by Crippen LogP contribution is 2.37. The molecule has 4 heteroatoms. The molecule has 3 rings (SSSR count). The highest BCUT2D eigenvalue weighted by atomic mass is 32.1. The van der Waals surface area contributed by atoms with Gasteiger partial charge < -0.3 is 0 Å². The quantitative estimate of drug-likeness (QED) is 0.618. The Kier molecular flexibility index (Phi) is 3.96. The molecular weight excluding hydrogens is 305 g/mol. The summed E-state index contributed by atoms with van der Waals surface area (Å²) in [6, 6.07) is 5.83. The predicted molar refractivity (Wildman–Crippen MR) is 85.1 cm³/mol. The molecule has 1 unspecified atom stereocenters. The molecule has 0 saturated heterocycles. The van der Waals surface area contributed by atoms with Crippen LogP contribution in [0.25, 0.3) is 16.0 Å². The molecule has 0 spiro atoms. The van der Waals surface area contributed by atoms with Gasteiger partial charge in [0.1, 0.15) is 0 Å². The Bertz CT molecular complexity index is 784. The molecule has 0 N–H and O–H groups in total. The van der Waals surface area contributed by atoms with E-state index in [1.165, 1.54) is 23.8 Å². The van der Waals surface area contributed by atoms with Crippen LogP contribution in [0.5, 0.6) is 0 Å². The van der Waals surface area contributed by atoms with Crippen LogP contribution < -0.4 is 0 Å². The zero-order chi connectivity index (χ0) is 15.9. The Morgan fingerprint density at radius 3 is 2.27 bits per heavy atom. The van der Waals surface area contributed by atoms with E-state index >= 15 is 0 Å². The van der Waals surface area contributed by atoms with E-state index < -0.39 is 16.8 Å². The summed E-state index contributed by atoms with van der Waals surface area (Å²) in [6.45, 7) is 4.03. The maximum absolute atomic E-state index is 14.5. The van der Waals surface area contributed by atoms with Crippen molar-refractivity contribution in [2.75, 3.05) is 0 Å². The molecule has 0 aliphatic heterocycles. The third kappa shape index (κ3) is 2.63.